The first kappa shape index (κ1) is 15.1. The minimum atomic E-state index is -1.27. The van der Waals surface area contributed by atoms with E-state index < -0.39 is 36.2 Å². The van der Waals surface area contributed by atoms with E-state index in [1.807, 2.05) is 0 Å². The molecule has 1 aliphatic heterocycles. The summed E-state index contributed by atoms with van der Waals surface area (Å²) in [6.45, 7) is 1.93. The maximum absolute atomic E-state index is 11.2. The molecule has 2 aliphatic rings. The molecule has 1 saturated heterocycles. The molecule has 1 heterocycles. The van der Waals surface area contributed by atoms with Gasteiger partial charge in [-0.25, -0.2) is 14.4 Å². The number of hydrogen-bond donors (Lipinski definition) is 2. The molecule has 0 aromatic heterocycles. The van der Waals surface area contributed by atoms with Crippen molar-refractivity contribution in [1.82, 2.24) is 4.90 Å². The summed E-state index contributed by atoms with van der Waals surface area (Å²) in [5.41, 5.74) is 0. The van der Waals surface area contributed by atoms with Crippen LogP contribution in [0.3, 0.4) is 0 Å². The van der Waals surface area contributed by atoms with Gasteiger partial charge in [0, 0.05) is 0 Å². The second-order valence-corrected chi connectivity index (χ2v) is 5.00. The van der Waals surface area contributed by atoms with Crippen molar-refractivity contribution in [3.8, 4) is 0 Å². The van der Waals surface area contributed by atoms with Crippen LogP contribution in [0.25, 0.3) is 0 Å². The van der Waals surface area contributed by atoms with Crippen LogP contribution in [0.5, 0.6) is 0 Å². The second kappa shape index (κ2) is 6.02. The Bertz CT molecular complexity index is 475. The number of nitrogens with zero attached hydrogens (tertiary/aromatic N) is 1. The summed E-state index contributed by atoms with van der Waals surface area (Å²) in [6.07, 6.45) is 1.51. The zero-order valence-electron chi connectivity index (χ0n) is 11.5. The number of ether oxygens (including phenoxy) is 2. The van der Waals surface area contributed by atoms with Crippen molar-refractivity contribution in [2.75, 3.05) is 6.61 Å². The van der Waals surface area contributed by atoms with E-state index in [2.05, 4.69) is 4.74 Å². The predicted octanol–water partition coefficient (Wildman–Crippen LogP) is 0.674. The lowest BCUT2D eigenvalue weighted by Gasteiger charge is -2.34. The summed E-state index contributed by atoms with van der Waals surface area (Å²) in [5.74, 6) is -1.94. The molecule has 0 spiro atoms. The SMILES string of the molecule is CCOC(=O)/C=C/O[C@@H]1C[C@@H]2C[C@H]1N(C(=O)O)[C@@H]2C(=O)O. The zero-order chi connectivity index (χ0) is 15.6. The lowest BCUT2D eigenvalue weighted by atomic mass is 9.98. The molecule has 2 rings (SSSR count). The number of esters is 1. The van der Waals surface area contributed by atoms with E-state index in [0.29, 0.717) is 12.8 Å². The molecule has 0 aromatic rings. The quantitative estimate of drug-likeness (QED) is 0.436. The number of aliphatic carboxylic acids is 1. The third kappa shape index (κ3) is 2.93. The van der Waals surface area contributed by atoms with Crippen LogP contribution in [0.4, 0.5) is 4.79 Å². The Hall–Kier alpha value is -2.25. The first-order chi connectivity index (χ1) is 9.95. The first-order valence-electron chi connectivity index (χ1n) is 6.68. The van der Waals surface area contributed by atoms with Gasteiger partial charge in [-0.1, -0.05) is 0 Å². The number of carboxylic acid groups (broad SMARTS) is 2. The molecule has 2 fully saturated rings. The number of rotatable bonds is 5. The highest BCUT2D eigenvalue weighted by Gasteiger charge is 2.57. The van der Waals surface area contributed by atoms with Gasteiger partial charge in [0.1, 0.15) is 12.1 Å². The first-order valence-corrected chi connectivity index (χ1v) is 6.68. The fraction of sp³-hybridized carbons (Fsp3) is 0.615. The van der Waals surface area contributed by atoms with Gasteiger partial charge < -0.3 is 19.7 Å². The summed E-state index contributed by atoms with van der Waals surface area (Å²) in [7, 11) is 0. The molecule has 1 aliphatic carbocycles. The lowest BCUT2D eigenvalue weighted by Crippen LogP contribution is -2.53. The van der Waals surface area contributed by atoms with Gasteiger partial charge in [-0.15, -0.1) is 0 Å². The summed E-state index contributed by atoms with van der Waals surface area (Å²) >= 11 is 0. The van der Waals surface area contributed by atoms with Gasteiger partial charge in [-0.2, -0.15) is 0 Å². The van der Waals surface area contributed by atoms with Crippen LogP contribution in [0.2, 0.25) is 0 Å². The number of fused-ring (bicyclic) bond motifs is 2. The molecule has 2 N–H and O–H groups in total. The Morgan fingerprint density at radius 2 is 2.00 bits per heavy atom. The van der Waals surface area contributed by atoms with Crippen molar-refractivity contribution in [2.45, 2.75) is 38.0 Å². The van der Waals surface area contributed by atoms with Gasteiger partial charge >= 0.3 is 18.0 Å². The Morgan fingerprint density at radius 1 is 1.29 bits per heavy atom. The molecule has 21 heavy (non-hydrogen) atoms. The summed E-state index contributed by atoms with van der Waals surface area (Å²) in [5, 5.41) is 18.3. The monoisotopic (exact) mass is 299 g/mol. The normalized spacial score (nSPS) is 30.6. The summed E-state index contributed by atoms with van der Waals surface area (Å²) < 4.78 is 10.1. The molecule has 116 valence electrons. The van der Waals surface area contributed by atoms with Gasteiger partial charge in [-0.3, -0.25) is 4.90 Å². The van der Waals surface area contributed by atoms with E-state index in [1.54, 1.807) is 6.92 Å². The van der Waals surface area contributed by atoms with Gasteiger partial charge in [-0.05, 0) is 25.7 Å². The molecule has 1 saturated carbocycles. The van der Waals surface area contributed by atoms with Crippen LogP contribution in [0.1, 0.15) is 19.8 Å². The average Bonchev–Trinajstić information content (AvgIpc) is 2.96. The van der Waals surface area contributed by atoms with Crippen molar-refractivity contribution in [3.63, 3.8) is 0 Å². The summed E-state index contributed by atoms with van der Waals surface area (Å²) in [4.78, 5) is 34.5. The average molecular weight is 299 g/mol. The van der Waals surface area contributed by atoms with E-state index >= 15 is 0 Å². The number of carbonyl (C=O) groups excluding carboxylic acids is 1. The third-order valence-corrected chi connectivity index (χ3v) is 3.83. The van der Waals surface area contributed by atoms with Crippen molar-refractivity contribution >= 4 is 18.0 Å². The van der Waals surface area contributed by atoms with Gasteiger partial charge in [0.25, 0.3) is 0 Å². The van der Waals surface area contributed by atoms with Gasteiger partial charge in [0.05, 0.1) is 25.0 Å². The van der Waals surface area contributed by atoms with E-state index in [1.165, 1.54) is 6.26 Å². The third-order valence-electron chi connectivity index (χ3n) is 3.83. The number of hydrogen-bond acceptors (Lipinski definition) is 5. The number of piperidine rings is 1. The number of likely N-dealkylation sites (tertiary alicyclic amines) is 1. The topological polar surface area (TPSA) is 113 Å². The van der Waals surface area contributed by atoms with Crippen LogP contribution in [-0.4, -0.2) is 57.9 Å². The van der Waals surface area contributed by atoms with Gasteiger partial charge in [0.2, 0.25) is 0 Å². The van der Waals surface area contributed by atoms with E-state index in [0.717, 1.165) is 11.0 Å². The van der Waals surface area contributed by atoms with Crippen molar-refractivity contribution in [1.29, 1.82) is 0 Å². The lowest BCUT2D eigenvalue weighted by molar-refractivity contribution is -0.145. The molecular weight excluding hydrogens is 282 g/mol. The van der Waals surface area contributed by atoms with Crippen LogP contribution in [-0.2, 0) is 19.1 Å². The highest BCUT2D eigenvalue weighted by Crippen LogP contribution is 2.44. The summed E-state index contributed by atoms with van der Waals surface area (Å²) in [6, 6.07) is -1.51. The minimum Gasteiger partial charge on any atom is -0.496 e. The largest absolute Gasteiger partial charge is 0.496 e. The van der Waals surface area contributed by atoms with E-state index in [9.17, 15) is 19.5 Å². The molecule has 0 aromatic carbocycles. The Balaban J connectivity index is 1.99. The standard InChI is InChI=1S/C13H17NO7/c1-2-20-10(15)3-4-21-9-6-7-5-8(9)14(13(18)19)11(7)12(16)17/h3-4,7-9,11H,2,5-6H2,1H3,(H,16,17)(H,18,19)/b4-3+/t7-,8+,9+,11-/m0/s1. The molecule has 0 unspecified atom stereocenters. The molecule has 0 radical (unpaired) electrons. The molecule has 2 bridgehead atoms. The van der Waals surface area contributed by atoms with Crippen LogP contribution in [0.15, 0.2) is 12.3 Å². The zero-order valence-corrected chi connectivity index (χ0v) is 11.5. The number of amides is 1. The Kier molecular flexibility index (Phi) is 4.35. The molecule has 8 nitrogen and oxygen atoms in total. The number of carbonyl (C=O) groups is 3. The minimum absolute atomic E-state index is 0.254. The maximum atomic E-state index is 11.2. The molecule has 8 heteroatoms. The van der Waals surface area contributed by atoms with Crippen molar-refractivity contribution in [3.05, 3.63) is 12.3 Å². The van der Waals surface area contributed by atoms with Crippen molar-refractivity contribution in [2.24, 2.45) is 5.92 Å². The molecule has 1 amide bonds. The fourth-order valence-electron chi connectivity index (χ4n) is 3.11. The number of carboxylic acids is 1. The van der Waals surface area contributed by atoms with Gasteiger partial charge in [0.15, 0.2) is 0 Å². The van der Waals surface area contributed by atoms with Crippen LogP contribution >= 0.6 is 0 Å². The molecule has 4 atom stereocenters. The fourth-order valence-corrected chi connectivity index (χ4v) is 3.11. The van der Waals surface area contributed by atoms with Crippen LogP contribution in [0, 0.1) is 5.92 Å². The molecular formula is C13H17NO7. The van der Waals surface area contributed by atoms with Crippen LogP contribution < -0.4 is 0 Å². The highest BCUT2D eigenvalue weighted by atomic mass is 16.5. The Morgan fingerprint density at radius 3 is 2.57 bits per heavy atom. The maximum Gasteiger partial charge on any atom is 0.408 e. The van der Waals surface area contributed by atoms with E-state index in [4.69, 9.17) is 9.84 Å². The predicted molar refractivity (Wildman–Crippen MR) is 68.4 cm³/mol. The highest BCUT2D eigenvalue weighted by molar-refractivity contribution is 5.82. The Labute approximate surface area is 120 Å². The second-order valence-electron chi connectivity index (χ2n) is 5.00. The van der Waals surface area contributed by atoms with Crippen molar-refractivity contribution < 1.29 is 34.1 Å². The van der Waals surface area contributed by atoms with E-state index in [-0.39, 0.29) is 12.5 Å². The smallest absolute Gasteiger partial charge is 0.408 e.